The van der Waals surface area contributed by atoms with E-state index in [4.69, 9.17) is 9.15 Å². The van der Waals surface area contributed by atoms with Gasteiger partial charge in [0.2, 0.25) is 0 Å². The summed E-state index contributed by atoms with van der Waals surface area (Å²) in [5.41, 5.74) is 1.84. The number of carboxylic acid groups (broad SMARTS) is 1. The van der Waals surface area contributed by atoms with E-state index < -0.39 is 11.6 Å². The van der Waals surface area contributed by atoms with Gasteiger partial charge in [-0.15, -0.1) is 0 Å². The second-order valence-electron chi connectivity index (χ2n) is 8.01. The fraction of sp³-hybridized carbons (Fsp3) is 0.200. The van der Waals surface area contributed by atoms with Crippen molar-refractivity contribution in [2.24, 2.45) is 0 Å². The maximum absolute atomic E-state index is 13.4. The molecule has 1 aromatic heterocycles. The number of ether oxygens (including phenoxy) is 1. The van der Waals surface area contributed by atoms with Gasteiger partial charge in [0.15, 0.2) is 11.2 Å². The van der Waals surface area contributed by atoms with Crippen LogP contribution in [0.1, 0.15) is 25.0 Å². The van der Waals surface area contributed by atoms with E-state index in [1.54, 1.807) is 24.3 Å². The van der Waals surface area contributed by atoms with Crippen molar-refractivity contribution < 1.29 is 23.4 Å². The summed E-state index contributed by atoms with van der Waals surface area (Å²) in [7, 11) is 0. The molecule has 6 nitrogen and oxygen atoms in total. The molecule has 4 rings (SSSR count). The topological polar surface area (TPSA) is 75.8 Å². The summed E-state index contributed by atoms with van der Waals surface area (Å²) in [4.78, 5) is 17.9. The number of rotatable bonds is 8. The number of halogens is 1. The van der Waals surface area contributed by atoms with Crippen LogP contribution in [0.4, 0.5) is 10.4 Å². The van der Waals surface area contributed by atoms with E-state index in [1.165, 1.54) is 26.0 Å². The lowest BCUT2D eigenvalue weighted by atomic mass is 10.1. The Kier molecular flexibility index (Phi) is 5.81. The Bertz CT molecular complexity index is 1200. The average molecular weight is 434 g/mol. The zero-order chi connectivity index (χ0) is 22.7. The van der Waals surface area contributed by atoms with Gasteiger partial charge < -0.3 is 19.2 Å². The third kappa shape index (κ3) is 4.88. The number of fused-ring (bicyclic) bond motifs is 1. The lowest BCUT2D eigenvalue weighted by molar-refractivity contribution is -0.152. The van der Waals surface area contributed by atoms with Gasteiger partial charge in [-0.25, -0.2) is 9.18 Å². The predicted octanol–water partition coefficient (Wildman–Crippen LogP) is 5.42. The van der Waals surface area contributed by atoms with Crippen LogP contribution in [0.25, 0.3) is 11.1 Å². The molecule has 32 heavy (non-hydrogen) atoms. The zero-order valence-electron chi connectivity index (χ0n) is 17.8. The molecule has 0 saturated heterocycles. The summed E-state index contributed by atoms with van der Waals surface area (Å²) in [6.45, 7) is 3.87. The first-order valence-corrected chi connectivity index (χ1v) is 10.2. The van der Waals surface area contributed by atoms with Crippen molar-refractivity contribution >= 4 is 23.1 Å². The first-order valence-electron chi connectivity index (χ1n) is 10.2. The van der Waals surface area contributed by atoms with Crippen LogP contribution in [0, 0.1) is 5.82 Å². The van der Waals surface area contributed by atoms with Gasteiger partial charge in [0.05, 0.1) is 0 Å². The normalized spacial score (nSPS) is 11.5. The van der Waals surface area contributed by atoms with E-state index in [9.17, 15) is 14.3 Å². The molecule has 0 bridgehead atoms. The molecule has 0 aliphatic heterocycles. The van der Waals surface area contributed by atoms with Crippen LogP contribution in [0.3, 0.4) is 0 Å². The van der Waals surface area contributed by atoms with Gasteiger partial charge in [0, 0.05) is 13.1 Å². The monoisotopic (exact) mass is 434 g/mol. The van der Waals surface area contributed by atoms with Crippen LogP contribution in [0.2, 0.25) is 0 Å². The first-order chi connectivity index (χ1) is 15.3. The Hall–Kier alpha value is -3.87. The Morgan fingerprint density at radius 3 is 2.47 bits per heavy atom. The van der Waals surface area contributed by atoms with E-state index in [-0.39, 0.29) is 5.82 Å². The maximum atomic E-state index is 13.4. The number of anilines is 1. The van der Waals surface area contributed by atoms with Crippen molar-refractivity contribution in [3.05, 3.63) is 89.7 Å². The standard InChI is InChI=1S/C25H23FN2O4/c1-25(2,23(29)30)32-20-7-5-6-18(14-20)16-28(15-17-10-12-19(26)13-11-17)24-27-21-8-3-4-9-22(21)31-24/h3-14H,15-16H2,1-2H3,(H,29,30). The molecule has 164 valence electrons. The summed E-state index contributed by atoms with van der Waals surface area (Å²) in [6.07, 6.45) is 0. The van der Waals surface area contributed by atoms with Crippen molar-refractivity contribution in [3.8, 4) is 5.75 Å². The molecule has 0 saturated carbocycles. The van der Waals surface area contributed by atoms with Gasteiger partial charge in [-0.1, -0.05) is 36.4 Å². The minimum atomic E-state index is -1.35. The van der Waals surface area contributed by atoms with Gasteiger partial charge in [0.1, 0.15) is 17.1 Å². The summed E-state index contributed by atoms with van der Waals surface area (Å²) in [6, 6.07) is 21.5. The summed E-state index contributed by atoms with van der Waals surface area (Å²) in [5, 5.41) is 9.34. The zero-order valence-corrected chi connectivity index (χ0v) is 17.8. The van der Waals surface area contributed by atoms with Crippen molar-refractivity contribution in [1.29, 1.82) is 0 Å². The average Bonchev–Trinajstić information content (AvgIpc) is 3.19. The van der Waals surface area contributed by atoms with Gasteiger partial charge in [-0.3, -0.25) is 0 Å². The molecule has 1 heterocycles. The van der Waals surface area contributed by atoms with E-state index in [0.717, 1.165) is 16.6 Å². The van der Waals surface area contributed by atoms with Gasteiger partial charge >= 0.3 is 5.97 Å². The number of carbonyl (C=O) groups is 1. The summed E-state index contributed by atoms with van der Waals surface area (Å²) in [5.74, 6) is -0.894. The molecule has 0 spiro atoms. The van der Waals surface area contributed by atoms with Crippen LogP contribution in [0.5, 0.6) is 5.75 Å². The third-order valence-corrected chi connectivity index (χ3v) is 5.00. The molecular formula is C25H23FN2O4. The van der Waals surface area contributed by atoms with Gasteiger partial charge in [-0.2, -0.15) is 4.98 Å². The number of aromatic nitrogens is 1. The molecular weight excluding hydrogens is 411 g/mol. The van der Waals surface area contributed by atoms with Crippen LogP contribution in [-0.2, 0) is 17.9 Å². The van der Waals surface area contributed by atoms with Crippen LogP contribution < -0.4 is 9.64 Å². The molecule has 3 aromatic carbocycles. The number of para-hydroxylation sites is 2. The number of hydrogen-bond donors (Lipinski definition) is 1. The molecule has 0 radical (unpaired) electrons. The smallest absolute Gasteiger partial charge is 0.347 e. The largest absolute Gasteiger partial charge is 0.478 e. The lowest BCUT2D eigenvalue weighted by Crippen LogP contribution is -2.37. The minimum Gasteiger partial charge on any atom is -0.478 e. The van der Waals surface area contributed by atoms with Crippen LogP contribution in [0.15, 0.2) is 77.2 Å². The quantitative estimate of drug-likeness (QED) is 0.399. The number of hydrogen-bond acceptors (Lipinski definition) is 5. The Morgan fingerprint density at radius 1 is 1.03 bits per heavy atom. The van der Waals surface area contributed by atoms with E-state index in [1.807, 2.05) is 41.3 Å². The minimum absolute atomic E-state index is 0.298. The molecule has 7 heteroatoms. The van der Waals surface area contributed by atoms with Crippen molar-refractivity contribution in [2.45, 2.75) is 32.5 Å². The molecule has 0 unspecified atom stereocenters. The highest BCUT2D eigenvalue weighted by atomic mass is 19.1. The summed E-state index contributed by atoms with van der Waals surface area (Å²) < 4.78 is 25.0. The van der Waals surface area contributed by atoms with E-state index >= 15 is 0 Å². The molecule has 0 aliphatic rings. The van der Waals surface area contributed by atoms with Crippen LogP contribution >= 0.6 is 0 Å². The molecule has 1 N–H and O–H groups in total. The van der Waals surface area contributed by atoms with Gasteiger partial charge in [0.25, 0.3) is 6.01 Å². The third-order valence-electron chi connectivity index (χ3n) is 5.00. The molecule has 0 amide bonds. The second-order valence-corrected chi connectivity index (χ2v) is 8.01. The Morgan fingerprint density at radius 2 is 1.75 bits per heavy atom. The molecule has 0 atom stereocenters. The first kappa shape index (κ1) is 21.4. The number of carboxylic acids is 1. The fourth-order valence-electron chi connectivity index (χ4n) is 3.26. The predicted molar refractivity (Wildman–Crippen MR) is 119 cm³/mol. The lowest BCUT2D eigenvalue weighted by Gasteiger charge is -2.23. The maximum Gasteiger partial charge on any atom is 0.347 e. The van der Waals surface area contributed by atoms with Crippen molar-refractivity contribution in [2.75, 3.05) is 4.90 Å². The highest BCUT2D eigenvalue weighted by Gasteiger charge is 2.29. The Labute approximate surface area is 184 Å². The molecule has 0 aliphatic carbocycles. The van der Waals surface area contributed by atoms with Crippen LogP contribution in [-0.4, -0.2) is 21.7 Å². The number of nitrogens with zero attached hydrogens (tertiary/aromatic N) is 2. The van der Waals surface area contributed by atoms with Gasteiger partial charge in [-0.05, 0) is 61.4 Å². The SMILES string of the molecule is CC(C)(Oc1cccc(CN(Cc2ccc(F)cc2)c2nc3ccccc3o2)c1)C(=O)O. The van der Waals surface area contributed by atoms with E-state index in [2.05, 4.69) is 4.98 Å². The van der Waals surface area contributed by atoms with Crippen molar-refractivity contribution in [3.63, 3.8) is 0 Å². The molecule has 4 aromatic rings. The van der Waals surface area contributed by atoms with Crippen molar-refractivity contribution in [1.82, 2.24) is 4.98 Å². The highest BCUT2D eigenvalue weighted by Crippen LogP contribution is 2.26. The number of oxazole rings is 1. The number of benzene rings is 3. The fourth-order valence-corrected chi connectivity index (χ4v) is 3.26. The number of aliphatic carboxylic acids is 1. The molecule has 0 fully saturated rings. The highest BCUT2D eigenvalue weighted by molar-refractivity contribution is 5.77. The summed E-state index contributed by atoms with van der Waals surface area (Å²) >= 11 is 0. The van der Waals surface area contributed by atoms with E-state index in [0.29, 0.717) is 30.4 Å². The second kappa shape index (κ2) is 8.70. The Balaban J connectivity index is 1.63.